The number of nitrogens with zero attached hydrogens (tertiary/aromatic N) is 3. The van der Waals surface area contributed by atoms with Crippen molar-refractivity contribution in [3.63, 3.8) is 0 Å². The predicted molar refractivity (Wildman–Crippen MR) is 119 cm³/mol. The summed E-state index contributed by atoms with van der Waals surface area (Å²) in [4.78, 5) is 31.0. The quantitative estimate of drug-likeness (QED) is 0.561. The first-order chi connectivity index (χ1) is 12.6. The maximum absolute atomic E-state index is 12.5. The predicted octanol–water partition coefficient (Wildman–Crippen LogP) is 2.67. The molecule has 1 aliphatic heterocycles. The van der Waals surface area contributed by atoms with E-state index in [2.05, 4.69) is 4.90 Å². The number of rotatable bonds is 9. The van der Waals surface area contributed by atoms with Gasteiger partial charge in [-0.3, -0.25) is 14.5 Å². The van der Waals surface area contributed by atoms with Gasteiger partial charge in [-0.15, -0.1) is 24.8 Å². The first-order valence-corrected chi connectivity index (χ1v) is 10.6. The van der Waals surface area contributed by atoms with Gasteiger partial charge < -0.3 is 15.5 Å². The van der Waals surface area contributed by atoms with Gasteiger partial charge in [0.2, 0.25) is 11.8 Å². The summed E-state index contributed by atoms with van der Waals surface area (Å²) in [6, 6.07) is 0.429. The Morgan fingerprint density at radius 2 is 1.54 bits per heavy atom. The highest BCUT2D eigenvalue weighted by Crippen LogP contribution is 2.21. The molecule has 0 aromatic heterocycles. The van der Waals surface area contributed by atoms with E-state index in [9.17, 15) is 9.59 Å². The Hall–Kier alpha value is -0.560. The minimum absolute atomic E-state index is 0. The second-order valence-corrected chi connectivity index (χ2v) is 7.91. The molecule has 0 spiro atoms. The smallest absolute Gasteiger partial charge is 0.236 e. The zero-order valence-corrected chi connectivity index (χ0v) is 19.1. The lowest BCUT2D eigenvalue weighted by Crippen LogP contribution is -2.52. The Kier molecular flexibility index (Phi) is 15.0. The molecule has 166 valence electrons. The van der Waals surface area contributed by atoms with Gasteiger partial charge in [0, 0.05) is 45.7 Å². The summed E-state index contributed by atoms with van der Waals surface area (Å²) in [5.41, 5.74) is 5.49. The molecule has 1 saturated heterocycles. The van der Waals surface area contributed by atoms with Crippen molar-refractivity contribution in [2.75, 3.05) is 46.3 Å². The van der Waals surface area contributed by atoms with Crippen LogP contribution in [0, 0.1) is 0 Å². The summed E-state index contributed by atoms with van der Waals surface area (Å²) in [7, 11) is 1.96. The lowest BCUT2D eigenvalue weighted by molar-refractivity contribution is -0.136. The zero-order chi connectivity index (χ0) is 18.8. The molecule has 6 nitrogen and oxygen atoms in total. The number of halogens is 2. The van der Waals surface area contributed by atoms with Crippen molar-refractivity contribution in [2.24, 2.45) is 5.73 Å². The molecule has 0 bridgehead atoms. The molecule has 2 N–H and O–H groups in total. The number of amides is 2. The van der Waals surface area contributed by atoms with Crippen LogP contribution >= 0.6 is 24.8 Å². The van der Waals surface area contributed by atoms with Gasteiger partial charge in [0.05, 0.1) is 6.54 Å². The van der Waals surface area contributed by atoms with E-state index in [1.165, 1.54) is 19.3 Å². The van der Waals surface area contributed by atoms with Gasteiger partial charge in [0.25, 0.3) is 0 Å². The third-order valence-corrected chi connectivity index (χ3v) is 5.94. The highest BCUT2D eigenvalue weighted by atomic mass is 35.5. The van der Waals surface area contributed by atoms with E-state index in [1.54, 1.807) is 0 Å². The van der Waals surface area contributed by atoms with Gasteiger partial charge in [0.15, 0.2) is 0 Å². The fourth-order valence-corrected chi connectivity index (χ4v) is 4.06. The van der Waals surface area contributed by atoms with E-state index in [0.717, 1.165) is 71.2 Å². The molecule has 2 fully saturated rings. The largest absolute Gasteiger partial charge is 0.342 e. The van der Waals surface area contributed by atoms with Crippen LogP contribution in [0.4, 0.5) is 0 Å². The zero-order valence-electron chi connectivity index (χ0n) is 17.4. The summed E-state index contributed by atoms with van der Waals surface area (Å²) in [6.07, 6.45) is 11.0. The highest BCUT2D eigenvalue weighted by Gasteiger charge is 2.26. The molecule has 0 atom stereocenters. The van der Waals surface area contributed by atoms with Gasteiger partial charge in [-0.2, -0.15) is 0 Å². The average molecular weight is 439 g/mol. The number of unbranched alkanes of at least 4 members (excludes halogenated alkanes) is 3. The molecule has 0 aromatic carbocycles. The Morgan fingerprint density at radius 3 is 2.14 bits per heavy atom. The van der Waals surface area contributed by atoms with Crippen LogP contribution in [0.5, 0.6) is 0 Å². The van der Waals surface area contributed by atoms with Crippen molar-refractivity contribution in [1.29, 1.82) is 0 Å². The number of carbonyl (C=O) groups is 2. The normalized spacial score (nSPS) is 18.1. The maximum atomic E-state index is 12.5. The topological polar surface area (TPSA) is 69.9 Å². The molecular weight excluding hydrogens is 399 g/mol. The van der Waals surface area contributed by atoms with Crippen LogP contribution in [0.25, 0.3) is 0 Å². The molecule has 0 aromatic rings. The van der Waals surface area contributed by atoms with Crippen LogP contribution in [0.1, 0.15) is 64.2 Å². The van der Waals surface area contributed by atoms with Crippen molar-refractivity contribution < 1.29 is 9.59 Å². The van der Waals surface area contributed by atoms with Crippen molar-refractivity contribution in [3.8, 4) is 0 Å². The average Bonchev–Trinajstić information content (AvgIpc) is 2.68. The van der Waals surface area contributed by atoms with Crippen LogP contribution in [0.3, 0.4) is 0 Å². The van der Waals surface area contributed by atoms with Crippen LogP contribution in [0.15, 0.2) is 0 Å². The van der Waals surface area contributed by atoms with E-state index >= 15 is 0 Å². The fourth-order valence-electron chi connectivity index (χ4n) is 4.06. The third-order valence-electron chi connectivity index (χ3n) is 5.94. The lowest BCUT2D eigenvalue weighted by Gasteiger charge is -2.37. The summed E-state index contributed by atoms with van der Waals surface area (Å²) < 4.78 is 0. The van der Waals surface area contributed by atoms with Crippen molar-refractivity contribution in [2.45, 2.75) is 70.3 Å². The second-order valence-electron chi connectivity index (χ2n) is 7.91. The van der Waals surface area contributed by atoms with Crippen LogP contribution in [0.2, 0.25) is 0 Å². The van der Waals surface area contributed by atoms with Crippen LogP contribution in [-0.4, -0.2) is 78.9 Å². The van der Waals surface area contributed by atoms with E-state index < -0.39 is 0 Å². The van der Waals surface area contributed by atoms with Crippen LogP contribution in [-0.2, 0) is 9.59 Å². The molecule has 1 heterocycles. The molecular formula is C20H40Cl2N4O2. The van der Waals surface area contributed by atoms with Gasteiger partial charge in [-0.25, -0.2) is 0 Å². The van der Waals surface area contributed by atoms with Crippen LogP contribution < -0.4 is 5.73 Å². The van der Waals surface area contributed by atoms with Crippen molar-refractivity contribution in [3.05, 3.63) is 0 Å². The van der Waals surface area contributed by atoms with E-state index in [1.807, 2.05) is 16.8 Å². The van der Waals surface area contributed by atoms with Gasteiger partial charge in [0.1, 0.15) is 0 Å². The third kappa shape index (κ3) is 9.29. The minimum Gasteiger partial charge on any atom is -0.342 e. The van der Waals surface area contributed by atoms with E-state index in [0.29, 0.717) is 19.0 Å². The number of likely N-dealkylation sites (N-methyl/N-ethyl adjacent to an activating group) is 1. The Labute approximate surface area is 183 Å². The minimum atomic E-state index is 0. The number of carbonyl (C=O) groups excluding carboxylic acids is 2. The van der Waals surface area contributed by atoms with Crippen molar-refractivity contribution in [1.82, 2.24) is 14.7 Å². The van der Waals surface area contributed by atoms with Gasteiger partial charge in [-0.1, -0.05) is 32.1 Å². The monoisotopic (exact) mass is 438 g/mol. The lowest BCUT2D eigenvalue weighted by atomic mass is 9.94. The van der Waals surface area contributed by atoms with Crippen molar-refractivity contribution >= 4 is 36.6 Å². The number of piperazine rings is 1. The van der Waals surface area contributed by atoms with E-state index in [4.69, 9.17) is 5.73 Å². The Balaban J connectivity index is 0.00000364. The molecule has 8 heteroatoms. The molecule has 0 unspecified atom stereocenters. The Bertz CT molecular complexity index is 440. The van der Waals surface area contributed by atoms with E-state index in [-0.39, 0.29) is 36.6 Å². The molecule has 1 saturated carbocycles. The maximum Gasteiger partial charge on any atom is 0.236 e. The summed E-state index contributed by atoms with van der Waals surface area (Å²) >= 11 is 0. The molecule has 2 amide bonds. The molecule has 28 heavy (non-hydrogen) atoms. The first-order valence-electron chi connectivity index (χ1n) is 10.6. The number of hydrogen-bond donors (Lipinski definition) is 1. The second kappa shape index (κ2) is 15.3. The summed E-state index contributed by atoms with van der Waals surface area (Å²) in [6.45, 7) is 4.36. The molecule has 1 aliphatic carbocycles. The van der Waals surface area contributed by atoms with Gasteiger partial charge in [-0.05, 0) is 32.2 Å². The summed E-state index contributed by atoms with van der Waals surface area (Å²) in [5.74, 6) is 0.500. The molecule has 2 aliphatic rings. The number of nitrogens with two attached hydrogens (primary N) is 1. The summed E-state index contributed by atoms with van der Waals surface area (Å²) in [5, 5.41) is 0. The SMILES string of the molecule is CN(C(=O)CN1CCN(C(=O)CCCCCCN)CC1)C1CCCCC1.Cl.Cl. The first kappa shape index (κ1) is 27.4. The number of hydrogen-bond acceptors (Lipinski definition) is 4. The fraction of sp³-hybridized carbons (Fsp3) is 0.900. The molecule has 0 radical (unpaired) electrons. The standard InChI is InChI=1S/C20H38N4O2.2ClH/c1-22(18-9-5-4-6-10-18)20(26)17-23-13-15-24(16-14-23)19(25)11-7-2-3-8-12-21;;/h18H,2-17,21H2,1H3;2*1H. The Morgan fingerprint density at radius 1 is 0.929 bits per heavy atom. The van der Waals surface area contributed by atoms with Gasteiger partial charge >= 0.3 is 0 Å². The molecule has 2 rings (SSSR count). The highest BCUT2D eigenvalue weighted by molar-refractivity contribution is 5.85.